The number of carbonyl (C=O) groups is 1. The highest BCUT2D eigenvalue weighted by Crippen LogP contribution is 2.18. The molecule has 24 heavy (non-hydrogen) atoms. The van der Waals surface area contributed by atoms with Crippen molar-refractivity contribution >= 4 is 17.2 Å². The van der Waals surface area contributed by atoms with Gasteiger partial charge < -0.3 is 5.32 Å². The summed E-state index contributed by atoms with van der Waals surface area (Å²) in [7, 11) is 0. The van der Waals surface area contributed by atoms with E-state index in [1.807, 2.05) is 18.2 Å². The van der Waals surface area contributed by atoms with Crippen molar-refractivity contribution in [1.29, 1.82) is 0 Å². The molecule has 1 N–H and O–H groups in total. The molecule has 5 heteroatoms. The zero-order valence-corrected chi connectivity index (χ0v) is 15.6. The van der Waals surface area contributed by atoms with E-state index in [4.69, 9.17) is 0 Å². The fraction of sp³-hybridized carbons (Fsp3) is 0.474. The SMILES string of the molecule is CCN(CC)Cc1csc(CNC(=O)CC(C)c2ccccc2)n1. The Morgan fingerprint density at radius 3 is 2.62 bits per heavy atom. The van der Waals surface area contributed by atoms with E-state index in [0.29, 0.717) is 13.0 Å². The largest absolute Gasteiger partial charge is 0.350 e. The van der Waals surface area contributed by atoms with Crippen LogP contribution in [0.5, 0.6) is 0 Å². The molecule has 0 saturated carbocycles. The van der Waals surface area contributed by atoms with Gasteiger partial charge in [-0.25, -0.2) is 4.98 Å². The van der Waals surface area contributed by atoms with Crippen LogP contribution < -0.4 is 5.32 Å². The van der Waals surface area contributed by atoms with Crippen LogP contribution in [0.1, 0.15) is 49.4 Å². The van der Waals surface area contributed by atoms with Gasteiger partial charge in [-0.3, -0.25) is 9.69 Å². The molecule has 1 aromatic carbocycles. The molecule has 2 rings (SSSR count). The molecular formula is C19H27N3OS. The maximum atomic E-state index is 12.1. The van der Waals surface area contributed by atoms with E-state index in [1.165, 1.54) is 5.56 Å². The minimum Gasteiger partial charge on any atom is -0.350 e. The van der Waals surface area contributed by atoms with Crippen molar-refractivity contribution in [1.82, 2.24) is 15.2 Å². The second-order valence-corrected chi connectivity index (χ2v) is 6.93. The number of aromatic nitrogens is 1. The zero-order chi connectivity index (χ0) is 17.4. The lowest BCUT2D eigenvalue weighted by molar-refractivity contribution is -0.121. The highest BCUT2D eigenvalue weighted by atomic mass is 32.1. The van der Waals surface area contributed by atoms with Gasteiger partial charge in [-0.1, -0.05) is 51.1 Å². The van der Waals surface area contributed by atoms with Gasteiger partial charge in [-0.2, -0.15) is 0 Å². The molecule has 0 saturated heterocycles. The number of amides is 1. The molecule has 1 atom stereocenters. The van der Waals surface area contributed by atoms with E-state index >= 15 is 0 Å². The fourth-order valence-corrected chi connectivity index (χ4v) is 3.33. The lowest BCUT2D eigenvalue weighted by Gasteiger charge is -2.15. The zero-order valence-electron chi connectivity index (χ0n) is 14.8. The van der Waals surface area contributed by atoms with Crippen molar-refractivity contribution < 1.29 is 4.79 Å². The third-order valence-electron chi connectivity index (χ3n) is 4.18. The highest BCUT2D eigenvalue weighted by Gasteiger charge is 2.12. The van der Waals surface area contributed by atoms with Gasteiger partial charge in [0.2, 0.25) is 5.91 Å². The average molecular weight is 346 g/mol. The van der Waals surface area contributed by atoms with Crippen LogP contribution in [0, 0.1) is 0 Å². The van der Waals surface area contributed by atoms with E-state index in [-0.39, 0.29) is 11.8 Å². The predicted octanol–water partition coefficient (Wildman–Crippen LogP) is 3.79. The molecule has 0 bridgehead atoms. The maximum Gasteiger partial charge on any atom is 0.220 e. The Morgan fingerprint density at radius 1 is 1.25 bits per heavy atom. The average Bonchev–Trinajstić information content (AvgIpc) is 3.06. The lowest BCUT2D eigenvalue weighted by Crippen LogP contribution is -2.24. The number of rotatable bonds is 9. The normalized spacial score (nSPS) is 12.3. The van der Waals surface area contributed by atoms with Gasteiger partial charge in [0.25, 0.3) is 0 Å². The number of thiazole rings is 1. The summed E-state index contributed by atoms with van der Waals surface area (Å²) in [6.45, 7) is 9.84. The molecule has 0 spiro atoms. The monoisotopic (exact) mass is 345 g/mol. The summed E-state index contributed by atoms with van der Waals surface area (Å²) < 4.78 is 0. The molecule has 1 amide bonds. The molecular weight excluding hydrogens is 318 g/mol. The standard InChI is InChI=1S/C19H27N3OS/c1-4-22(5-2)13-17-14-24-19(21-17)12-20-18(23)11-15(3)16-9-7-6-8-10-16/h6-10,14-15H,4-5,11-13H2,1-3H3,(H,20,23). The third kappa shape index (κ3) is 5.73. The first-order chi connectivity index (χ1) is 11.6. The van der Waals surface area contributed by atoms with Gasteiger partial charge in [0.1, 0.15) is 5.01 Å². The Kier molecular flexibility index (Phi) is 7.40. The second kappa shape index (κ2) is 9.55. The summed E-state index contributed by atoms with van der Waals surface area (Å²) in [4.78, 5) is 19.1. The summed E-state index contributed by atoms with van der Waals surface area (Å²) in [5.41, 5.74) is 2.29. The van der Waals surface area contributed by atoms with Gasteiger partial charge in [0.05, 0.1) is 12.2 Å². The molecule has 4 nitrogen and oxygen atoms in total. The fourth-order valence-electron chi connectivity index (χ4n) is 2.60. The molecule has 0 aliphatic heterocycles. The summed E-state index contributed by atoms with van der Waals surface area (Å²) in [6, 6.07) is 10.2. The minimum atomic E-state index is 0.0758. The Morgan fingerprint density at radius 2 is 1.96 bits per heavy atom. The van der Waals surface area contributed by atoms with Crippen molar-refractivity contribution in [3.63, 3.8) is 0 Å². The van der Waals surface area contributed by atoms with Crippen molar-refractivity contribution in [3.8, 4) is 0 Å². The smallest absolute Gasteiger partial charge is 0.220 e. The van der Waals surface area contributed by atoms with Crippen LogP contribution in [0.15, 0.2) is 35.7 Å². The van der Waals surface area contributed by atoms with Gasteiger partial charge in [0.15, 0.2) is 0 Å². The van der Waals surface area contributed by atoms with Crippen molar-refractivity contribution in [2.75, 3.05) is 13.1 Å². The van der Waals surface area contributed by atoms with E-state index in [9.17, 15) is 4.79 Å². The molecule has 1 aromatic heterocycles. The molecule has 2 aromatic rings. The predicted molar refractivity (Wildman–Crippen MR) is 100 cm³/mol. The van der Waals surface area contributed by atoms with E-state index < -0.39 is 0 Å². The first kappa shape index (κ1) is 18.6. The number of nitrogens with zero attached hydrogens (tertiary/aromatic N) is 2. The van der Waals surface area contributed by atoms with Crippen molar-refractivity contribution in [3.05, 3.63) is 52.0 Å². The van der Waals surface area contributed by atoms with E-state index in [1.54, 1.807) is 11.3 Å². The molecule has 0 radical (unpaired) electrons. The Bertz CT molecular complexity index is 623. The van der Waals surface area contributed by atoms with Gasteiger partial charge >= 0.3 is 0 Å². The van der Waals surface area contributed by atoms with Crippen LogP contribution in [-0.4, -0.2) is 28.9 Å². The maximum absolute atomic E-state index is 12.1. The summed E-state index contributed by atoms with van der Waals surface area (Å²) in [6.07, 6.45) is 0.502. The van der Waals surface area contributed by atoms with Crippen LogP contribution >= 0.6 is 11.3 Å². The van der Waals surface area contributed by atoms with Crippen LogP contribution in [-0.2, 0) is 17.9 Å². The van der Waals surface area contributed by atoms with Gasteiger partial charge in [-0.05, 0) is 24.6 Å². The van der Waals surface area contributed by atoms with Gasteiger partial charge in [0, 0.05) is 18.3 Å². The van der Waals surface area contributed by atoms with Crippen LogP contribution in [0.25, 0.3) is 0 Å². The lowest BCUT2D eigenvalue weighted by atomic mass is 9.98. The number of benzene rings is 1. The van der Waals surface area contributed by atoms with Gasteiger partial charge in [-0.15, -0.1) is 11.3 Å². The molecule has 130 valence electrons. The first-order valence-electron chi connectivity index (χ1n) is 8.59. The first-order valence-corrected chi connectivity index (χ1v) is 9.47. The van der Waals surface area contributed by atoms with E-state index in [2.05, 4.69) is 53.5 Å². The van der Waals surface area contributed by atoms with E-state index in [0.717, 1.165) is 30.3 Å². The molecule has 0 fully saturated rings. The van der Waals surface area contributed by atoms with Crippen molar-refractivity contribution in [2.45, 2.75) is 46.2 Å². The van der Waals surface area contributed by atoms with Crippen LogP contribution in [0.2, 0.25) is 0 Å². The second-order valence-electron chi connectivity index (χ2n) is 5.99. The number of nitrogens with one attached hydrogen (secondary N) is 1. The van der Waals surface area contributed by atoms with Crippen molar-refractivity contribution in [2.24, 2.45) is 0 Å². The highest BCUT2D eigenvalue weighted by molar-refractivity contribution is 7.09. The summed E-state index contributed by atoms with van der Waals surface area (Å²) in [5.74, 6) is 0.299. The number of hydrogen-bond donors (Lipinski definition) is 1. The van der Waals surface area contributed by atoms with Crippen LogP contribution in [0.4, 0.5) is 0 Å². The third-order valence-corrected chi connectivity index (χ3v) is 5.07. The van der Waals surface area contributed by atoms with Crippen LogP contribution in [0.3, 0.4) is 0 Å². The molecule has 1 heterocycles. The quantitative estimate of drug-likeness (QED) is 0.752. The summed E-state index contributed by atoms with van der Waals surface area (Å²) >= 11 is 1.62. The topological polar surface area (TPSA) is 45.2 Å². The molecule has 1 unspecified atom stereocenters. The molecule has 0 aliphatic carbocycles. The Hall–Kier alpha value is -1.72. The molecule has 0 aliphatic rings. The Labute approximate surface area is 148 Å². The summed E-state index contributed by atoms with van der Waals surface area (Å²) in [5, 5.41) is 6.05. The number of carbonyl (C=O) groups excluding carboxylic acids is 1. The Balaban J connectivity index is 1.78. The number of hydrogen-bond acceptors (Lipinski definition) is 4. The minimum absolute atomic E-state index is 0.0758.